The molecule has 1 aromatic carbocycles. The fourth-order valence-electron chi connectivity index (χ4n) is 2.38. The molecule has 0 bridgehead atoms. The third kappa shape index (κ3) is 2.86. The highest BCUT2D eigenvalue weighted by molar-refractivity contribution is 7.85. The molecule has 1 aliphatic rings. The van der Waals surface area contributed by atoms with E-state index in [1.54, 1.807) is 19.1 Å². The van der Waals surface area contributed by atoms with Crippen LogP contribution in [0.4, 0.5) is 4.39 Å². The van der Waals surface area contributed by atoms with E-state index >= 15 is 0 Å². The first-order valence-electron chi connectivity index (χ1n) is 6.37. The van der Waals surface area contributed by atoms with Gasteiger partial charge in [0.2, 0.25) is 5.13 Å². The molecule has 0 unspecified atom stereocenters. The second-order valence-corrected chi connectivity index (χ2v) is 7.50. The fraction of sp³-hybridized carbons (Fsp3) is 0.571. The second-order valence-electron chi connectivity index (χ2n) is 5.25. The molecule has 1 saturated carbocycles. The van der Waals surface area contributed by atoms with Gasteiger partial charge in [-0.05, 0) is 31.9 Å². The van der Waals surface area contributed by atoms with Crippen molar-refractivity contribution >= 4 is 22.4 Å². The standard InChI is InChI=1S/C14H18ClFO2S/c1-9-3-6-11(7-4-9)19(18)12-8-5-10(2)14(15,16)13(12)17/h3-4,6-7,10,12-13,17H,5,8H2,1-2H3/t10-,12-,13-,14-,19-/m0/s1. The van der Waals surface area contributed by atoms with Crippen molar-refractivity contribution in [3.8, 4) is 0 Å². The average Bonchev–Trinajstić information content (AvgIpc) is 2.37. The Morgan fingerprint density at radius 3 is 2.53 bits per heavy atom. The first kappa shape index (κ1) is 14.9. The zero-order chi connectivity index (χ0) is 14.2. The lowest BCUT2D eigenvalue weighted by Gasteiger charge is -2.39. The number of aliphatic hydroxyl groups is 1. The molecule has 0 aromatic heterocycles. The van der Waals surface area contributed by atoms with Crippen molar-refractivity contribution in [2.45, 2.75) is 48.1 Å². The van der Waals surface area contributed by atoms with E-state index in [1.807, 2.05) is 19.1 Å². The van der Waals surface area contributed by atoms with Crippen LogP contribution in [0.15, 0.2) is 29.2 Å². The van der Waals surface area contributed by atoms with E-state index in [2.05, 4.69) is 0 Å². The fourth-order valence-corrected chi connectivity index (χ4v) is 4.25. The number of alkyl halides is 2. The summed E-state index contributed by atoms with van der Waals surface area (Å²) < 4.78 is 26.7. The van der Waals surface area contributed by atoms with Crippen LogP contribution in [0.25, 0.3) is 0 Å². The molecule has 5 atom stereocenters. The molecule has 2 rings (SSSR count). The number of aliphatic hydroxyl groups excluding tert-OH is 1. The number of halogens is 2. The highest BCUT2D eigenvalue weighted by Crippen LogP contribution is 2.42. The van der Waals surface area contributed by atoms with Gasteiger partial charge < -0.3 is 5.11 Å². The number of rotatable bonds is 2. The van der Waals surface area contributed by atoms with Gasteiger partial charge in [-0.2, -0.15) is 0 Å². The van der Waals surface area contributed by atoms with Crippen molar-refractivity contribution in [2.75, 3.05) is 0 Å². The number of aryl methyl sites for hydroxylation is 1. The molecule has 1 N–H and O–H groups in total. The molecule has 106 valence electrons. The van der Waals surface area contributed by atoms with E-state index < -0.39 is 33.2 Å². The summed E-state index contributed by atoms with van der Waals surface area (Å²) in [6.07, 6.45) is -0.361. The van der Waals surface area contributed by atoms with E-state index in [0.29, 0.717) is 17.7 Å². The first-order valence-corrected chi connectivity index (χ1v) is 7.96. The summed E-state index contributed by atoms with van der Waals surface area (Å²) >= 11 is 5.77. The minimum atomic E-state index is -2.19. The Kier molecular flexibility index (Phi) is 4.33. The number of benzene rings is 1. The maximum Gasteiger partial charge on any atom is 0.212 e. The van der Waals surface area contributed by atoms with Gasteiger partial charge in [0.15, 0.2) is 0 Å². The highest BCUT2D eigenvalue weighted by atomic mass is 35.5. The summed E-state index contributed by atoms with van der Waals surface area (Å²) in [7, 11) is -1.44. The van der Waals surface area contributed by atoms with Crippen LogP contribution in [-0.2, 0) is 10.8 Å². The van der Waals surface area contributed by atoms with Crippen molar-refractivity contribution in [3.05, 3.63) is 29.8 Å². The molecule has 1 aliphatic carbocycles. The largest absolute Gasteiger partial charge is 0.387 e. The predicted octanol–water partition coefficient (Wildman–Crippen LogP) is 3.17. The molecule has 0 amide bonds. The molecule has 19 heavy (non-hydrogen) atoms. The smallest absolute Gasteiger partial charge is 0.212 e. The molecule has 2 nitrogen and oxygen atoms in total. The van der Waals surface area contributed by atoms with Crippen molar-refractivity contribution < 1.29 is 13.7 Å². The molecule has 0 aliphatic heterocycles. The highest BCUT2D eigenvalue weighted by Gasteiger charge is 2.50. The van der Waals surface area contributed by atoms with Crippen molar-refractivity contribution in [2.24, 2.45) is 5.92 Å². The van der Waals surface area contributed by atoms with Crippen LogP contribution in [0.5, 0.6) is 0 Å². The Balaban J connectivity index is 2.22. The van der Waals surface area contributed by atoms with E-state index in [9.17, 15) is 13.7 Å². The van der Waals surface area contributed by atoms with Crippen molar-refractivity contribution in [1.82, 2.24) is 0 Å². The Morgan fingerprint density at radius 2 is 1.95 bits per heavy atom. The summed E-state index contributed by atoms with van der Waals surface area (Å²) in [6, 6.07) is 7.22. The minimum absolute atomic E-state index is 0.435. The van der Waals surface area contributed by atoms with Crippen LogP contribution in [-0.4, -0.2) is 25.8 Å². The Labute approximate surface area is 120 Å². The first-order chi connectivity index (χ1) is 8.84. The Hall–Kier alpha value is -0.450. The van der Waals surface area contributed by atoms with Crippen LogP contribution in [0.1, 0.15) is 25.3 Å². The van der Waals surface area contributed by atoms with Crippen LogP contribution in [0, 0.1) is 12.8 Å². The average molecular weight is 305 g/mol. The predicted molar refractivity (Wildman–Crippen MR) is 75.5 cm³/mol. The SMILES string of the molecule is Cc1ccc([S@](=O)[C@H]2CC[C@H](C)[C@@](F)(Cl)[C@H]2O)cc1. The number of hydrogen-bond donors (Lipinski definition) is 1. The van der Waals surface area contributed by atoms with Crippen molar-refractivity contribution in [3.63, 3.8) is 0 Å². The number of hydrogen-bond acceptors (Lipinski definition) is 2. The Morgan fingerprint density at radius 1 is 1.37 bits per heavy atom. The molecule has 1 aromatic rings. The maximum atomic E-state index is 14.2. The quantitative estimate of drug-likeness (QED) is 0.852. The van der Waals surface area contributed by atoms with E-state index in [0.717, 1.165) is 5.56 Å². The zero-order valence-electron chi connectivity index (χ0n) is 11.0. The van der Waals surface area contributed by atoms with Crippen LogP contribution in [0.3, 0.4) is 0 Å². The normalized spacial score (nSPS) is 37.0. The summed E-state index contributed by atoms with van der Waals surface area (Å²) in [5.41, 5.74) is 1.07. The molecular weight excluding hydrogens is 287 g/mol. The third-order valence-electron chi connectivity index (χ3n) is 3.82. The Bertz CT molecular complexity index is 475. The third-order valence-corrected chi connectivity index (χ3v) is 6.19. The van der Waals surface area contributed by atoms with Crippen LogP contribution >= 0.6 is 11.6 Å². The van der Waals surface area contributed by atoms with E-state index in [1.165, 1.54) is 0 Å². The van der Waals surface area contributed by atoms with Crippen molar-refractivity contribution in [1.29, 1.82) is 0 Å². The summed E-state index contributed by atoms with van der Waals surface area (Å²) in [6.45, 7) is 3.61. The molecule has 0 heterocycles. The lowest BCUT2D eigenvalue weighted by molar-refractivity contribution is -0.0125. The molecule has 0 saturated heterocycles. The van der Waals surface area contributed by atoms with Gasteiger partial charge >= 0.3 is 0 Å². The minimum Gasteiger partial charge on any atom is -0.387 e. The molecular formula is C14H18ClFO2S. The van der Waals surface area contributed by atoms with Gasteiger partial charge in [0, 0.05) is 10.8 Å². The van der Waals surface area contributed by atoms with Crippen LogP contribution in [0.2, 0.25) is 0 Å². The van der Waals surface area contributed by atoms with Gasteiger partial charge in [-0.3, -0.25) is 4.21 Å². The summed E-state index contributed by atoms with van der Waals surface area (Å²) in [5.74, 6) is -0.435. The van der Waals surface area contributed by atoms with Gasteiger partial charge in [-0.15, -0.1) is 0 Å². The molecule has 1 fully saturated rings. The van der Waals surface area contributed by atoms with Gasteiger partial charge in [0.25, 0.3) is 0 Å². The summed E-state index contributed by atoms with van der Waals surface area (Å²) in [4.78, 5) is 0.608. The van der Waals surface area contributed by atoms with Crippen LogP contribution < -0.4 is 0 Å². The zero-order valence-corrected chi connectivity index (χ0v) is 12.5. The van der Waals surface area contributed by atoms with Gasteiger partial charge in [0.1, 0.15) is 6.10 Å². The van der Waals surface area contributed by atoms with Gasteiger partial charge in [-0.25, -0.2) is 4.39 Å². The lowest BCUT2D eigenvalue weighted by atomic mass is 9.86. The topological polar surface area (TPSA) is 37.3 Å². The monoisotopic (exact) mass is 304 g/mol. The van der Waals surface area contributed by atoms with E-state index in [-0.39, 0.29) is 0 Å². The molecule has 0 radical (unpaired) electrons. The molecule has 0 spiro atoms. The maximum absolute atomic E-state index is 14.2. The lowest BCUT2D eigenvalue weighted by Crippen LogP contribution is -2.51. The van der Waals surface area contributed by atoms with Gasteiger partial charge in [-0.1, -0.05) is 36.2 Å². The second kappa shape index (κ2) is 5.51. The molecule has 5 heteroatoms. The summed E-state index contributed by atoms with van der Waals surface area (Å²) in [5, 5.41) is 7.21. The van der Waals surface area contributed by atoms with Gasteiger partial charge in [0.05, 0.1) is 16.0 Å². The van der Waals surface area contributed by atoms with E-state index in [4.69, 9.17) is 11.6 Å².